The summed E-state index contributed by atoms with van der Waals surface area (Å²) in [5.74, 6) is 0.857. The predicted molar refractivity (Wildman–Crippen MR) is 107 cm³/mol. The first-order valence-electron chi connectivity index (χ1n) is 8.98. The number of benzene rings is 2. The highest BCUT2D eigenvalue weighted by atomic mass is 35.5. The van der Waals surface area contributed by atoms with Crippen LogP contribution in [0.1, 0.15) is 24.1 Å². The van der Waals surface area contributed by atoms with Crippen LogP contribution in [-0.2, 0) is 19.7 Å². The Kier molecular flexibility index (Phi) is 6.50. The highest BCUT2D eigenvalue weighted by Crippen LogP contribution is 2.41. The van der Waals surface area contributed by atoms with Gasteiger partial charge in [0.2, 0.25) is 0 Å². The highest BCUT2D eigenvalue weighted by Gasteiger charge is 2.42. The molecular formula is C21H25ClN2O3. The molecule has 0 amide bonds. The molecule has 0 radical (unpaired) electrons. The van der Waals surface area contributed by atoms with Crippen LogP contribution in [0.2, 0.25) is 0 Å². The van der Waals surface area contributed by atoms with E-state index in [2.05, 4.69) is 60.8 Å². The molecule has 1 N–H and O–H groups in total. The van der Waals surface area contributed by atoms with E-state index in [4.69, 9.17) is 19.2 Å². The number of aliphatic imine (C=N–C) groups is 1. The minimum atomic E-state index is -0.388. The van der Waals surface area contributed by atoms with Crippen LogP contribution in [0.25, 0.3) is 0 Å². The first-order valence-corrected chi connectivity index (χ1v) is 8.98. The van der Waals surface area contributed by atoms with E-state index >= 15 is 0 Å². The van der Waals surface area contributed by atoms with Crippen LogP contribution in [0.5, 0.6) is 0 Å². The van der Waals surface area contributed by atoms with Gasteiger partial charge in [0.25, 0.3) is 0 Å². The number of nitrogens with one attached hydrogen (secondary N) is 1. The lowest BCUT2D eigenvalue weighted by Crippen LogP contribution is -2.36. The second kappa shape index (κ2) is 8.85. The summed E-state index contributed by atoms with van der Waals surface area (Å²) >= 11 is 0. The topological polar surface area (TPSA) is 52.1 Å². The van der Waals surface area contributed by atoms with Crippen LogP contribution >= 0.6 is 12.4 Å². The molecule has 2 aromatic rings. The summed E-state index contributed by atoms with van der Waals surface area (Å²) in [7, 11) is 0. The molecule has 0 unspecified atom stereocenters. The van der Waals surface area contributed by atoms with Crippen LogP contribution in [0.3, 0.4) is 0 Å². The summed E-state index contributed by atoms with van der Waals surface area (Å²) in [5.41, 5.74) is 2.00. The maximum atomic E-state index is 5.94. The van der Waals surface area contributed by atoms with Gasteiger partial charge in [0.1, 0.15) is 30.9 Å². The molecule has 144 valence electrons. The molecule has 2 aromatic carbocycles. The summed E-state index contributed by atoms with van der Waals surface area (Å²) in [6.07, 6.45) is -0.0491. The summed E-state index contributed by atoms with van der Waals surface area (Å²) < 4.78 is 16.5. The molecule has 2 heterocycles. The third-order valence-electron chi connectivity index (χ3n) is 4.96. The Bertz CT molecular complexity index is 751. The Hall–Kier alpha value is -1.92. The quantitative estimate of drug-likeness (QED) is 0.852. The van der Waals surface area contributed by atoms with E-state index in [1.165, 1.54) is 11.1 Å². The number of rotatable bonds is 5. The molecule has 0 spiro atoms. The fourth-order valence-corrected chi connectivity index (χ4v) is 3.58. The lowest BCUT2D eigenvalue weighted by molar-refractivity contribution is -0.163. The standard InChI is InChI=1S/C21H24N2O3.ClH/c1-21(17-10-6-3-7-11-17)20(16-8-4-2-5-9-16)22-19(23-21)14-26-18-12-24-15-25-13-18;/h2-11,18,20H,12-15H2,1H3,(H,22,23);1H/t20-,21+;/m1./s1. The molecule has 27 heavy (non-hydrogen) atoms. The second-order valence-electron chi connectivity index (χ2n) is 6.85. The highest BCUT2D eigenvalue weighted by molar-refractivity contribution is 5.86. The van der Waals surface area contributed by atoms with E-state index in [0.29, 0.717) is 26.6 Å². The van der Waals surface area contributed by atoms with Crippen molar-refractivity contribution in [2.75, 3.05) is 26.6 Å². The molecular weight excluding hydrogens is 364 g/mol. The molecule has 0 bridgehead atoms. The van der Waals surface area contributed by atoms with E-state index in [1.54, 1.807) is 0 Å². The normalized spacial score (nSPS) is 25.4. The van der Waals surface area contributed by atoms with Crippen molar-refractivity contribution < 1.29 is 14.2 Å². The van der Waals surface area contributed by atoms with Gasteiger partial charge in [-0.1, -0.05) is 60.7 Å². The van der Waals surface area contributed by atoms with Gasteiger partial charge in [0.15, 0.2) is 0 Å². The molecule has 0 aromatic heterocycles. The maximum absolute atomic E-state index is 5.94. The third kappa shape index (κ3) is 4.33. The first-order chi connectivity index (χ1) is 12.8. The molecule has 0 saturated carbocycles. The van der Waals surface area contributed by atoms with Crippen LogP contribution in [0, 0.1) is 0 Å². The Balaban J connectivity index is 0.00000210. The lowest BCUT2D eigenvalue weighted by Gasteiger charge is -2.30. The van der Waals surface area contributed by atoms with Gasteiger partial charge in [-0.3, -0.25) is 4.99 Å². The average molecular weight is 389 g/mol. The van der Waals surface area contributed by atoms with Gasteiger partial charge in [0.05, 0.1) is 19.3 Å². The zero-order chi connectivity index (χ0) is 17.8. The minimum Gasteiger partial charge on any atom is -0.366 e. The summed E-state index contributed by atoms with van der Waals surface area (Å²) in [5, 5.41) is 3.58. The van der Waals surface area contributed by atoms with Crippen molar-refractivity contribution in [3.8, 4) is 0 Å². The first kappa shape index (κ1) is 19.8. The van der Waals surface area contributed by atoms with Gasteiger partial charge < -0.3 is 19.5 Å². The van der Waals surface area contributed by atoms with E-state index in [9.17, 15) is 0 Å². The lowest BCUT2D eigenvalue weighted by atomic mass is 9.82. The largest absolute Gasteiger partial charge is 0.366 e. The molecule has 0 aliphatic carbocycles. The monoisotopic (exact) mass is 388 g/mol. The number of amidine groups is 1. The maximum Gasteiger partial charge on any atom is 0.146 e. The van der Waals surface area contributed by atoms with Crippen molar-refractivity contribution in [2.24, 2.45) is 4.99 Å². The fourth-order valence-electron chi connectivity index (χ4n) is 3.58. The zero-order valence-electron chi connectivity index (χ0n) is 15.3. The number of nitrogens with zero attached hydrogens (tertiary/aromatic N) is 1. The van der Waals surface area contributed by atoms with Crippen molar-refractivity contribution in [1.82, 2.24) is 5.32 Å². The van der Waals surface area contributed by atoms with Crippen molar-refractivity contribution in [1.29, 1.82) is 0 Å². The third-order valence-corrected chi connectivity index (χ3v) is 4.96. The van der Waals surface area contributed by atoms with Gasteiger partial charge in [-0.2, -0.15) is 0 Å². The number of ether oxygens (including phenoxy) is 3. The van der Waals surface area contributed by atoms with E-state index < -0.39 is 0 Å². The molecule has 4 rings (SSSR count). The average Bonchev–Trinajstić information content (AvgIpc) is 3.06. The zero-order valence-corrected chi connectivity index (χ0v) is 16.2. The van der Waals surface area contributed by atoms with Gasteiger partial charge >= 0.3 is 0 Å². The Morgan fingerprint density at radius 1 is 1.04 bits per heavy atom. The van der Waals surface area contributed by atoms with Gasteiger partial charge in [-0.05, 0) is 18.1 Å². The molecule has 2 aliphatic rings. The molecule has 1 fully saturated rings. The number of hydrogen-bond donors (Lipinski definition) is 1. The number of halogens is 1. The summed E-state index contributed by atoms with van der Waals surface area (Å²) in [6, 6.07) is 20.9. The number of hydrogen-bond acceptors (Lipinski definition) is 5. The minimum absolute atomic E-state index is 0. The van der Waals surface area contributed by atoms with E-state index in [1.807, 2.05) is 12.1 Å². The van der Waals surface area contributed by atoms with E-state index in [-0.39, 0.29) is 30.1 Å². The van der Waals surface area contributed by atoms with Crippen molar-refractivity contribution in [3.63, 3.8) is 0 Å². The predicted octanol–water partition coefficient (Wildman–Crippen LogP) is 3.46. The molecule has 2 atom stereocenters. The smallest absolute Gasteiger partial charge is 0.146 e. The molecule has 1 saturated heterocycles. The second-order valence-corrected chi connectivity index (χ2v) is 6.85. The van der Waals surface area contributed by atoms with Crippen molar-refractivity contribution in [2.45, 2.75) is 24.6 Å². The van der Waals surface area contributed by atoms with Gasteiger partial charge in [0, 0.05) is 0 Å². The SMILES string of the molecule is C[C@@]1(c2ccccc2)N=C(COC2COCOC2)N[C@@H]1c1ccccc1.Cl. The van der Waals surface area contributed by atoms with Crippen LogP contribution < -0.4 is 5.32 Å². The van der Waals surface area contributed by atoms with Gasteiger partial charge in [-0.15, -0.1) is 12.4 Å². The Morgan fingerprint density at radius 3 is 2.33 bits per heavy atom. The summed E-state index contributed by atoms with van der Waals surface area (Å²) in [6.45, 7) is 4.06. The van der Waals surface area contributed by atoms with Crippen LogP contribution in [0.15, 0.2) is 65.7 Å². The van der Waals surface area contributed by atoms with Crippen LogP contribution in [-0.4, -0.2) is 38.6 Å². The molecule has 2 aliphatic heterocycles. The van der Waals surface area contributed by atoms with Crippen molar-refractivity contribution in [3.05, 3.63) is 71.8 Å². The fraction of sp³-hybridized carbons (Fsp3) is 0.381. The molecule has 5 nitrogen and oxygen atoms in total. The Labute approximate surface area is 166 Å². The van der Waals surface area contributed by atoms with E-state index in [0.717, 1.165) is 5.84 Å². The van der Waals surface area contributed by atoms with Gasteiger partial charge in [-0.25, -0.2) is 0 Å². The summed E-state index contributed by atoms with van der Waals surface area (Å²) in [4.78, 5) is 5.03. The van der Waals surface area contributed by atoms with Crippen molar-refractivity contribution >= 4 is 18.2 Å². The molecule has 6 heteroatoms. The van der Waals surface area contributed by atoms with Crippen LogP contribution in [0.4, 0.5) is 0 Å². The Morgan fingerprint density at radius 2 is 1.67 bits per heavy atom.